The van der Waals surface area contributed by atoms with Crippen LogP contribution in [0.1, 0.15) is 5.56 Å². The van der Waals surface area contributed by atoms with Crippen LogP contribution in [0.25, 0.3) is 0 Å². The molecule has 0 bridgehead atoms. The van der Waals surface area contributed by atoms with Gasteiger partial charge < -0.3 is 9.84 Å². The maximum atomic E-state index is 9.70. The van der Waals surface area contributed by atoms with Crippen LogP contribution in [0.15, 0.2) is 24.3 Å². The van der Waals surface area contributed by atoms with Crippen molar-refractivity contribution in [3.63, 3.8) is 0 Å². The Hall–Kier alpha value is -1.57. The first kappa shape index (κ1) is 13.5. The van der Waals surface area contributed by atoms with E-state index in [-0.39, 0.29) is 6.61 Å². The lowest BCUT2D eigenvalue weighted by molar-refractivity contribution is 0.0799. The molecule has 0 heterocycles. The lowest BCUT2D eigenvalue weighted by Crippen LogP contribution is -2.33. The summed E-state index contributed by atoms with van der Waals surface area (Å²) in [5.41, 5.74) is 1.12. The van der Waals surface area contributed by atoms with Gasteiger partial charge in [-0.1, -0.05) is 12.1 Å². The minimum atomic E-state index is -0.589. The van der Waals surface area contributed by atoms with E-state index in [1.54, 1.807) is 11.9 Å². The second-order valence-corrected chi connectivity index (χ2v) is 4.14. The Kier molecular flexibility index (Phi) is 5.47. The van der Waals surface area contributed by atoms with E-state index in [1.807, 2.05) is 37.3 Å². The van der Waals surface area contributed by atoms with Gasteiger partial charge in [-0.05, 0) is 31.7 Å². The van der Waals surface area contributed by atoms with Crippen molar-refractivity contribution < 1.29 is 9.84 Å². The maximum Gasteiger partial charge on any atom is 0.119 e. The summed E-state index contributed by atoms with van der Waals surface area (Å²) in [5, 5.41) is 18.2. The Morgan fingerprint density at radius 1 is 1.53 bits per heavy atom. The molecule has 0 saturated heterocycles. The van der Waals surface area contributed by atoms with Gasteiger partial charge in [0, 0.05) is 6.54 Å². The maximum absolute atomic E-state index is 9.70. The molecule has 0 fully saturated rings. The molecule has 92 valence electrons. The fourth-order valence-electron chi connectivity index (χ4n) is 1.50. The van der Waals surface area contributed by atoms with Crippen LogP contribution >= 0.6 is 0 Å². The number of nitriles is 1. The Morgan fingerprint density at radius 2 is 2.29 bits per heavy atom. The van der Waals surface area contributed by atoms with Crippen molar-refractivity contribution in [2.24, 2.45) is 0 Å². The quantitative estimate of drug-likeness (QED) is 0.751. The number of rotatable bonds is 6. The van der Waals surface area contributed by atoms with Crippen LogP contribution in [0, 0.1) is 18.3 Å². The van der Waals surface area contributed by atoms with Crippen LogP contribution in [0.3, 0.4) is 0 Å². The van der Waals surface area contributed by atoms with Gasteiger partial charge in [-0.3, -0.25) is 4.90 Å². The number of hydrogen-bond acceptors (Lipinski definition) is 4. The van der Waals surface area contributed by atoms with E-state index in [9.17, 15) is 5.11 Å². The van der Waals surface area contributed by atoms with E-state index < -0.39 is 6.10 Å². The van der Waals surface area contributed by atoms with E-state index in [4.69, 9.17) is 10.00 Å². The summed E-state index contributed by atoms with van der Waals surface area (Å²) in [5.74, 6) is 0.756. The monoisotopic (exact) mass is 234 g/mol. The van der Waals surface area contributed by atoms with Crippen molar-refractivity contribution in [1.82, 2.24) is 4.90 Å². The van der Waals surface area contributed by atoms with Crippen molar-refractivity contribution in [1.29, 1.82) is 5.26 Å². The summed E-state index contributed by atoms with van der Waals surface area (Å²) in [7, 11) is 1.79. The number of benzene rings is 1. The minimum absolute atomic E-state index is 0.235. The topological polar surface area (TPSA) is 56.5 Å². The van der Waals surface area contributed by atoms with E-state index in [2.05, 4.69) is 0 Å². The molecule has 0 aliphatic rings. The molecule has 1 aromatic rings. The van der Waals surface area contributed by atoms with Crippen molar-refractivity contribution in [2.45, 2.75) is 13.0 Å². The fourth-order valence-corrected chi connectivity index (χ4v) is 1.50. The third kappa shape index (κ3) is 5.34. The molecule has 1 rings (SSSR count). The molecule has 1 atom stereocenters. The highest BCUT2D eigenvalue weighted by atomic mass is 16.5. The zero-order valence-corrected chi connectivity index (χ0v) is 10.3. The van der Waals surface area contributed by atoms with Crippen LogP contribution in [0.4, 0.5) is 0 Å². The van der Waals surface area contributed by atoms with Crippen LogP contribution in [0.2, 0.25) is 0 Å². The molecule has 0 aliphatic carbocycles. The first-order valence-corrected chi connectivity index (χ1v) is 5.55. The third-order valence-corrected chi connectivity index (χ3v) is 2.29. The van der Waals surface area contributed by atoms with E-state index in [0.29, 0.717) is 13.1 Å². The molecule has 0 amide bonds. The molecule has 1 unspecified atom stereocenters. The third-order valence-electron chi connectivity index (χ3n) is 2.29. The van der Waals surface area contributed by atoms with Gasteiger partial charge in [-0.2, -0.15) is 5.26 Å². The summed E-state index contributed by atoms with van der Waals surface area (Å²) in [6, 6.07) is 9.72. The molecule has 4 heteroatoms. The van der Waals surface area contributed by atoms with Gasteiger partial charge in [0.25, 0.3) is 0 Å². The lowest BCUT2D eigenvalue weighted by Gasteiger charge is -2.18. The lowest BCUT2D eigenvalue weighted by atomic mass is 10.2. The summed E-state index contributed by atoms with van der Waals surface area (Å²) < 4.78 is 5.47. The van der Waals surface area contributed by atoms with Crippen LogP contribution < -0.4 is 4.74 Å². The second-order valence-electron chi connectivity index (χ2n) is 4.14. The molecule has 0 radical (unpaired) electrons. The van der Waals surface area contributed by atoms with Crippen molar-refractivity contribution in [2.75, 3.05) is 26.7 Å². The van der Waals surface area contributed by atoms with Gasteiger partial charge >= 0.3 is 0 Å². The first-order chi connectivity index (χ1) is 8.11. The Morgan fingerprint density at radius 3 is 2.94 bits per heavy atom. The number of likely N-dealkylation sites (N-methyl/N-ethyl adjacent to an activating group) is 1. The molecule has 1 N–H and O–H groups in total. The molecule has 0 aliphatic heterocycles. The molecule has 0 spiro atoms. The standard InChI is InChI=1S/C13H18N2O2/c1-11-4-3-5-13(8-11)17-10-12(16)9-15(2)7-6-14/h3-5,8,12,16H,7,9-10H2,1-2H3. The first-order valence-electron chi connectivity index (χ1n) is 5.55. The summed E-state index contributed by atoms with van der Waals surface area (Å²) in [4.78, 5) is 1.75. The molecule has 0 saturated carbocycles. The Balaban J connectivity index is 2.33. The number of nitrogens with zero attached hydrogens (tertiary/aromatic N) is 2. The summed E-state index contributed by atoms with van der Waals surface area (Å²) in [6.07, 6.45) is -0.589. The summed E-state index contributed by atoms with van der Waals surface area (Å²) >= 11 is 0. The van der Waals surface area contributed by atoms with Crippen molar-refractivity contribution in [3.05, 3.63) is 29.8 Å². The Labute approximate surface area is 102 Å². The van der Waals surface area contributed by atoms with Crippen molar-refractivity contribution in [3.8, 4) is 11.8 Å². The van der Waals surface area contributed by atoms with Crippen LogP contribution in [-0.2, 0) is 0 Å². The number of hydrogen-bond donors (Lipinski definition) is 1. The number of ether oxygens (including phenoxy) is 1. The number of aliphatic hydroxyl groups is 1. The second kappa shape index (κ2) is 6.89. The molecule has 17 heavy (non-hydrogen) atoms. The van der Waals surface area contributed by atoms with Gasteiger partial charge in [-0.15, -0.1) is 0 Å². The smallest absolute Gasteiger partial charge is 0.119 e. The zero-order valence-electron chi connectivity index (χ0n) is 10.3. The van der Waals surface area contributed by atoms with Gasteiger partial charge in [0.15, 0.2) is 0 Å². The zero-order chi connectivity index (χ0) is 12.7. The molecule has 0 aromatic heterocycles. The number of aliphatic hydroxyl groups excluding tert-OH is 1. The van der Waals surface area contributed by atoms with Gasteiger partial charge in [0.1, 0.15) is 18.5 Å². The molecular formula is C13H18N2O2. The largest absolute Gasteiger partial charge is 0.491 e. The van der Waals surface area contributed by atoms with Crippen LogP contribution in [-0.4, -0.2) is 42.9 Å². The van der Waals surface area contributed by atoms with Gasteiger partial charge in [0.05, 0.1) is 12.6 Å². The van der Waals surface area contributed by atoms with Crippen molar-refractivity contribution >= 4 is 0 Å². The van der Waals surface area contributed by atoms with E-state index >= 15 is 0 Å². The predicted octanol–water partition coefficient (Wildman–Crippen LogP) is 1.19. The molecular weight excluding hydrogens is 216 g/mol. The minimum Gasteiger partial charge on any atom is -0.491 e. The average molecular weight is 234 g/mol. The average Bonchev–Trinajstić information content (AvgIpc) is 2.27. The highest BCUT2D eigenvalue weighted by Gasteiger charge is 2.08. The Bertz CT molecular complexity index is 387. The highest BCUT2D eigenvalue weighted by molar-refractivity contribution is 5.27. The number of aryl methyl sites for hydroxylation is 1. The van der Waals surface area contributed by atoms with E-state index in [1.165, 1.54) is 0 Å². The summed E-state index contributed by atoms with van der Waals surface area (Å²) in [6.45, 7) is 2.96. The highest BCUT2D eigenvalue weighted by Crippen LogP contribution is 2.12. The van der Waals surface area contributed by atoms with Gasteiger partial charge in [-0.25, -0.2) is 0 Å². The van der Waals surface area contributed by atoms with Crippen LogP contribution in [0.5, 0.6) is 5.75 Å². The molecule has 1 aromatic carbocycles. The predicted molar refractivity (Wildman–Crippen MR) is 65.8 cm³/mol. The van der Waals surface area contributed by atoms with Gasteiger partial charge in [0.2, 0.25) is 0 Å². The SMILES string of the molecule is Cc1cccc(OCC(O)CN(C)CC#N)c1. The fraction of sp³-hybridized carbons (Fsp3) is 0.462. The molecule has 4 nitrogen and oxygen atoms in total. The normalized spacial score (nSPS) is 12.2. The van der Waals surface area contributed by atoms with E-state index in [0.717, 1.165) is 11.3 Å².